The Balaban J connectivity index is 1.77. The number of nitrogens with zero attached hydrogens (tertiary/aromatic N) is 3. The Kier molecular flexibility index (Phi) is 7.68. The zero-order valence-electron chi connectivity index (χ0n) is 17.2. The van der Waals surface area contributed by atoms with Gasteiger partial charge in [-0.15, -0.1) is 16.8 Å². The van der Waals surface area contributed by atoms with Crippen molar-refractivity contribution in [3.8, 4) is 16.9 Å². The van der Waals surface area contributed by atoms with Gasteiger partial charge in [0.2, 0.25) is 5.91 Å². The second kappa shape index (κ2) is 10.6. The van der Waals surface area contributed by atoms with Gasteiger partial charge in [-0.2, -0.15) is 0 Å². The number of aromatic nitrogens is 3. The van der Waals surface area contributed by atoms with Crippen molar-refractivity contribution >= 4 is 17.7 Å². The lowest BCUT2D eigenvalue weighted by molar-refractivity contribution is -0.120. The molecule has 1 amide bonds. The quantitative estimate of drug-likeness (QED) is 0.389. The minimum atomic E-state index is -0.273. The van der Waals surface area contributed by atoms with Gasteiger partial charge in [0, 0.05) is 18.7 Å². The smallest absolute Gasteiger partial charge is 0.233 e. The molecule has 0 spiro atoms. The minimum Gasteiger partial charge on any atom is -0.485 e. The molecule has 3 aromatic rings. The maximum Gasteiger partial charge on any atom is 0.233 e. The molecule has 1 heterocycles. The Labute approximate surface area is 181 Å². The first-order chi connectivity index (χ1) is 14.6. The first-order valence-electron chi connectivity index (χ1n) is 9.88. The molecule has 6 nitrogen and oxygen atoms in total. The standard InChI is InChI=1S/C23H26N4O2S/c1-4-15-27-21(25-26-23(27)30-17(3)22(28)24-5-2)16-29-20-14-10-9-13-19(20)18-11-7-6-8-12-18/h4,6-14,17H,1,5,15-16H2,2-3H3,(H,24,28)/t17-/m1/s1. The Morgan fingerprint density at radius 1 is 1.20 bits per heavy atom. The molecule has 1 N–H and O–H groups in total. The molecule has 2 aromatic carbocycles. The van der Waals surface area contributed by atoms with E-state index in [0.29, 0.717) is 24.1 Å². The second-order valence-corrected chi connectivity index (χ2v) is 7.91. The lowest BCUT2D eigenvalue weighted by Crippen LogP contribution is -2.30. The number of amides is 1. The van der Waals surface area contributed by atoms with Crippen LogP contribution in [0.2, 0.25) is 0 Å². The number of carbonyl (C=O) groups is 1. The lowest BCUT2D eigenvalue weighted by Gasteiger charge is -2.13. The van der Waals surface area contributed by atoms with Gasteiger partial charge in [0.25, 0.3) is 0 Å². The van der Waals surface area contributed by atoms with E-state index in [2.05, 4.69) is 34.2 Å². The minimum absolute atomic E-state index is 0.0229. The van der Waals surface area contributed by atoms with Crippen LogP contribution in [0.25, 0.3) is 11.1 Å². The summed E-state index contributed by atoms with van der Waals surface area (Å²) in [5, 5.41) is 11.8. The number of ether oxygens (including phenoxy) is 1. The average Bonchev–Trinajstić information content (AvgIpc) is 3.14. The van der Waals surface area contributed by atoms with Gasteiger partial charge >= 0.3 is 0 Å². The van der Waals surface area contributed by atoms with Crippen LogP contribution in [0.1, 0.15) is 19.7 Å². The van der Waals surface area contributed by atoms with Crippen LogP contribution in [-0.4, -0.2) is 32.5 Å². The summed E-state index contributed by atoms with van der Waals surface area (Å²) in [6.07, 6.45) is 1.78. The van der Waals surface area contributed by atoms with Gasteiger partial charge in [0.15, 0.2) is 11.0 Å². The summed E-state index contributed by atoms with van der Waals surface area (Å²) in [6, 6.07) is 18.0. The average molecular weight is 423 g/mol. The first-order valence-corrected chi connectivity index (χ1v) is 10.8. The van der Waals surface area contributed by atoms with Crippen LogP contribution in [0.3, 0.4) is 0 Å². The molecule has 156 valence electrons. The monoisotopic (exact) mass is 422 g/mol. The van der Waals surface area contributed by atoms with Crippen LogP contribution in [0, 0.1) is 0 Å². The van der Waals surface area contributed by atoms with E-state index in [4.69, 9.17) is 4.74 Å². The van der Waals surface area contributed by atoms with Crippen LogP contribution in [-0.2, 0) is 17.9 Å². The van der Waals surface area contributed by atoms with E-state index in [0.717, 1.165) is 16.9 Å². The van der Waals surface area contributed by atoms with Crippen molar-refractivity contribution in [2.24, 2.45) is 0 Å². The highest BCUT2D eigenvalue weighted by molar-refractivity contribution is 8.00. The van der Waals surface area contributed by atoms with Crippen molar-refractivity contribution in [2.45, 2.75) is 37.4 Å². The fraction of sp³-hybridized carbons (Fsp3) is 0.261. The van der Waals surface area contributed by atoms with Gasteiger partial charge in [-0.25, -0.2) is 0 Å². The van der Waals surface area contributed by atoms with Crippen molar-refractivity contribution in [3.63, 3.8) is 0 Å². The molecule has 3 rings (SSSR count). The van der Waals surface area contributed by atoms with Crippen molar-refractivity contribution in [1.29, 1.82) is 0 Å². The van der Waals surface area contributed by atoms with Gasteiger partial charge in [-0.05, 0) is 25.5 Å². The topological polar surface area (TPSA) is 69.0 Å². The third-order valence-electron chi connectivity index (χ3n) is 4.44. The summed E-state index contributed by atoms with van der Waals surface area (Å²) in [7, 11) is 0. The molecular weight excluding hydrogens is 396 g/mol. The van der Waals surface area contributed by atoms with Crippen molar-refractivity contribution < 1.29 is 9.53 Å². The fourth-order valence-electron chi connectivity index (χ4n) is 2.95. The zero-order chi connectivity index (χ0) is 21.3. The number of carbonyl (C=O) groups excluding carboxylic acids is 1. The number of rotatable bonds is 10. The van der Waals surface area contributed by atoms with E-state index in [9.17, 15) is 4.79 Å². The predicted octanol–water partition coefficient (Wildman–Crippen LogP) is 4.33. The zero-order valence-corrected chi connectivity index (χ0v) is 18.1. The normalized spacial score (nSPS) is 11.7. The van der Waals surface area contributed by atoms with Crippen LogP contribution < -0.4 is 10.1 Å². The Bertz CT molecular complexity index is 988. The number of allylic oxidation sites excluding steroid dienone is 1. The van der Waals surface area contributed by atoms with Gasteiger partial charge in [-0.1, -0.05) is 66.4 Å². The molecule has 0 saturated heterocycles. The van der Waals surface area contributed by atoms with Gasteiger partial charge in [0.1, 0.15) is 12.4 Å². The van der Waals surface area contributed by atoms with Crippen LogP contribution in [0.5, 0.6) is 5.75 Å². The number of nitrogens with one attached hydrogen (secondary N) is 1. The van der Waals surface area contributed by atoms with Crippen LogP contribution in [0.4, 0.5) is 0 Å². The van der Waals surface area contributed by atoms with E-state index >= 15 is 0 Å². The third-order valence-corrected chi connectivity index (χ3v) is 5.52. The van der Waals surface area contributed by atoms with Crippen molar-refractivity contribution in [3.05, 3.63) is 73.1 Å². The van der Waals surface area contributed by atoms with E-state index in [1.165, 1.54) is 11.8 Å². The highest BCUT2D eigenvalue weighted by Crippen LogP contribution is 2.30. The number of hydrogen-bond donors (Lipinski definition) is 1. The van der Waals surface area contributed by atoms with Gasteiger partial charge < -0.3 is 10.1 Å². The largest absolute Gasteiger partial charge is 0.485 e. The van der Waals surface area contributed by atoms with Crippen LogP contribution in [0.15, 0.2) is 72.4 Å². The molecule has 0 bridgehead atoms. The molecule has 1 aromatic heterocycles. The maximum atomic E-state index is 12.1. The van der Waals surface area contributed by atoms with E-state index in [-0.39, 0.29) is 17.8 Å². The Morgan fingerprint density at radius 3 is 2.67 bits per heavy atom. The molecular formula is C23H26N4O2S. The molecule has 0 radical (unpaired) electrons. The summed E-state index contributed by atoms with van der Waals surface area (Å²) in [4.78, 5) is 12.1. The predicted molar refractivity (Wildman–Crippen MR) is 120 cm³/mol. The van der Waals surface area contributed by atoms with Gasteiger partial charge in [-0.3, -0.25) is 9.36 Å². The summed E-state index contributed by atoms with van der Waals surface area (Å²) in [5.41, 5.74) is 2.11. The fourth-order valence-corrected chi connectivity index (χ4v) is 3.85. The SMILES string of the molecule is C=CCn1c(COc2ccccc2-c2ccccc2)nnc1S[C@H](C)C(=O)NCC. The summed E-state index contributed by atoms with van der Waals surface area (Å²) >= 11 is 1.37. The van der Waals surface area contributed by atoms with E-state index in [1.54, 1.807) is 6.08 Å². The number of thioether (sulfide) groups is 1. The number of hydrogen-bond acceptors (Lipinski definition) is 5. The Morgan fingerprint density at radius 2 is 1.93 bits per heavy atom. The van der Waals surface area contributed by atoms with Gasteiger partial charge in [0.05, 0.1) is 5.25 Å². The third kappa shape index (κ3) is 5.30. The molecule has 0 unspecified atom stereocenters. The second-order valence-electron chi connectivity index (χ2n) is 6.60. The van der Waals surface area contributed by atoms with Crippen molar-refractivity contribution in [2.75, 3.05) is 6.54 Å². The Hall–Kier alpha value is -3.06. The molecule has 1 atom stereocenters. The van der Waals surface area contributed by atoms with Crippen molar-refractivity contribution in [1.82, 2.24) is 20.1 Å². The number of benzene rings is 2. The highest BCUT2D eigenvalue weighted by atomic mass is 32.2. The summed E-state index contributed by atoms with van der Waals surface area (Å²) < 4.78 is 8.05. The lowest BCUT2D eigenvalue weighted by atomic mass is 10.1. The molecule has 0 saturated carbocycles. The van der Waals surface area contributed by atoms with Crippen LogP contribution >= 0.6 is 11.8 Å². The highest BCUT2D eigenvalue weighted by Gasteiger charge is 2.20. The van der Waals surface area contributed by atoms with E-state index < -0.39 is 0 Å². The molecule has 0 aliphatic rings. The molecule has 0 fully saturated rings. The molecule has 7 heteroatoms. The summed E-state index contributed by atoms with van der Waals surface area (Å²) in [6.45, 7) is 8.99. The summed E-state index contributed by atoms with van der Waals surface area (Å²) in [5.74, 6) is 1.44. The first kappa shape index (κ1) is 21.6. The molecule has 0 aliphatic heterocycles. The molecule has 30 heavy (non-hydrogen) atoms. The number of para-hydroxylation sites is 1. The maximum absolute atomic E-state index is 12.1. The van der Waals surface area contributed by atoms with E-state index in [1.807, 2.05) is 60.9 Å². The molecule has 0 aliphatic carbocycles.